The first kappa shape index (κ1) is 24.4. The lowest BCUT2D eigenvalue weighted by atomic mass is 10.1. The number of esters is 1. The van der Waals surface area contributed by atoms with Gasteiger partial charge in [0.1, 0.15) is 10.9 Å². The largest absolute Gasteiger partial charge is 0.493 e. The van der Waals surface area contributed by atoms with Crippen molar-refractivity contribution in [2.24, 2.45) is 0 Å². The molecule has 0 N–H and O–H groups in total. The van der Waals surface area contributed by atoms with Crippen LogP contribution in [0.5, 0.6) is 11.5 Å². The lowest BCUT2D eigenvalue weighted by molar-refractivity contribution is -0.140. The van der Waals surface area contributed by atoms with Crippen LogP contribution >= 0.6 is 47.2 Å². The molecule has 0 radical (unpaired) electrons. The van der Waals surface area contributed by atoms with Gasteiger partial charge in [0.2, 0.25) is 0 Å². The zero-order chi connectivity index (χ0) is 23.3. The van der Waals surface area contributed by atoms with Crippen LogP contribution in [0.3, 0.4) is 0 Å². The molecule has 1 heterocycles. The molecule has 3 rings (SSSR count). The normalized spacial score (nSPS) is 14.8. The predicted octanol–water partition coefficient (Wildman–Crippen LogP) is 5.35. The molecule has 2 aromatic rings. The molecule has 10 heteroatoms. The van der Waals surface area contributed by atoms with Gasteiger partial charge in [-0.25, -0.2) is 0 Å². The molecular formula is C22H19Cl2NO5S2. The highest BCUT2D eigenvalue weighted by Crippen LogP contribution is 2.35. The molecule has 1 aliphatic rings. The number of amides is 1. The van der Waals surface area contributed by atoms with Crippen LogP contribution in [0.1, 0.15) is 17.5 Å². The van der Waals surface area contributed by atoms with E-state index < -0.39 is 5.97 Å². The van der Waals surface area contributed by atoms with Crippen molar-refractivity contribution >= 4 is 69.5 Å². The van der Waals surface area contributed by atoms with Crippen molar-refractivity contribution in [1.82, 2.24) is 4.90 Å². The number of nitrogens with zero attached hydrogens (tertiary/aromatic N) is 1. The number of ether oxygens (including phenoxy) is 3. The minimum Gasteiger partial charge on any atom is -0.493 e. The summed E-state index contributed by atoms with van der Waals surface area (Å²) in [5.41, 5.74) is 1.41. The van der Waals surface area contributed by atoms with Crippen LogP contribution in [0.2, 0.25) is 10.0 Å². The summed E-state index contributed by atoms with van der Waals surface area (Å²) in [6.45, 7) is 0.350. The van der Waals surface area contributed by atoms with Gasteiger partial charge in [-0.2, -0.15) is 0 Å². The van der Waals surface area contributed by atoms with Gasteiger partial charge >= 0.3 is 5.97 Å². The Morgan fingerprint density at radius 3 is 2.53 bits per heavy atom. The predicted molar refractivity (Wildman–Crippen MR) is 130 cm³/mol. The number of hydrogen-bond acceptors (Lipinski definition) is 7. The highest BCUT2D eigenvalue weighted by atomic mass is 35.5. The number of rotatable bonds is 8. The average Bonchev–Trinajstić information content (AvgIpc) is 3.04. The molecule has 32 heavy (non-hydrogen) atoms. The van der Waals surface area contributed by atoms with Gasteiger partial charge in [-0.1, -0.05) is 59.3 Å². The quantitative estimate of drug-likeness (QED) is 0.269. The van der Waals surface area contributed by atoms with Crippen molar-refractivity contribution in [2.75, 3.05) is 20.8 Å². The summed E-state index contributed by atoms with van der Waals surface area (Å²) in [5.74, 6) is 0.340. The number of thioether (sulfide) groups is 1. The summed E-state index contributed by atoms with van der Waals surface area (Å²) in [7, 11) is 2.83. The molecule has 1 saturated heterocycles. The summed E-state index contributed by atoms with van der Waals surface area (Å²) in [4.78, 5) is 25.9. The summed E-state index contributed by atoms with van der Waals surface area (Å²) in [6.07, 6.45) is 1.79. The van der Waals surface area contributed by atoms with Crippen LogP contribution in [0.4, 0.5) is 0 Å². The summed E-state index contributed by atoms with van der Waals surface area (Å²) < 4.78 is 16.3. The summed E-state index contributed by atoms with van der Waals surface area (Å²) >= 11 is 18.9. The van der Waals surface area contributed by atoms with Gasteiger partial charge < -0.3 is 14.2 Å². The number of carbonyl (C=O) groups is 2. The molecular weight excluding hydrogens is 493 g/mol. The first-order valence-corrected chi connectivity index (χ1v) is 11.4. The Kier molecular flexibility index (Phi) is 8.42. The smallest absolute Gasteiger partial charge is 0.307 e. The lowest BCUT2D eigenvalue weighted by Gasteiger charge is -2.13. The van der Waals surface area contributed by atoms with E-state index in [1.807, 2.05) is 0 Å². The Morgan fingerprint density at radius 2 is 1.88 bits per heavy atom. The van der Waals surface area contributed by atoms with E-state index in [0.29, 0.717) is 36.3 Å². The van der Waals surface area contributed by atoms with Crippen LogP contribution in [-0.4, -0.2) is 41.9 Å². The Bertz CT molecular complexity index is 1070. The van der Waals surface area contributed by atoms with E-state index in [4.69, 9.17) is 44.9 Å². The van der Waals surface area contributed by atoms with Crippen LogP contribution in [0, 0.1) is 0 Å². The molecule has 0 aromatic heterocycles. The van der Waals surface area contributed by atoms with Crippen molar-refractivity contribution in [3.63, 3.8) is 0 Å². The maximum Gasteiger partial charge on any atom is 0.307 e. The molecule has 1 aliphatic heterocycles. The number of thiocarbonyl (C=S) groups is 1. The van der Waals surface area contributed by atoms with Crippen molar-refractivity contribution < 1.29 is 23.8 Å². The highest BCUT2D eigenvalue weighted by Gasteiger charge is 2.32. The van der Waals surface area contributed by atoms with E-state index in [9.17, 15) is 9.59 Å². The molecule has 0 bridgehead atoms. The van der Waals surface area contributed by atoms with E-state index in [-0.39, 0.29) is 25.5 Å². The third kappa shape index (κ3) is 5.75. The van der Waals surface area contributed by atoms with Gasteiger partial charge in [0.15, 0.2) is 11.5 Å². The first-order chi connectivity index (χ1) is 15.3. The van der Waals surface area contributed by atoms with E-state index in [2.05, 4.69) is 4.74 Å². The highest BCUT2D eigenvalue weighted by molar-refractivity contribution is 8.26. The van der Waals surface area contributed by atoms with Gasteiger partial charge in [0.25, 0.3) is 5.91 Å². The lowest BCUT2D eigenvalue weighted by Crippen LogP contribution is -2.30. The van der Waals surface area contributed by atoms with Gasteiger partial charge in [-0.15, -0.1) is 0 Å². The van der Waals surface area contributed by atoms with E-state index in [0.717, 1.165) is 5.56 Å². The first-order valence-electron chi connectivity index (χ1n) is 9.40. The fraction of sp³-hybridized carbons (Fsp3) is 0.227. The maximum absolute atomic E-state index is 12.7. The maximum atomic E-state index is 12.7. The molecule has 1 amide bonds. The Labute approximate surface area is 205 Å². The second-order valence-corrected chi connectivity index (χ2v) is 9.05. The molecule has 0 aliphatic carbocycles. The molecule has 6 nitrogen and oxygen atoms in total. The van der Waals surface area contributed by atoms with Gasteiger partial charge in [0.05, 0.1) is 25.5 Å². The van der Waals surface area contributed by atoms with Crippen LogP contribution in [-0.2, 0) is 20.9 Å². The molecule has 0 atom stereocenters. The molecule has 0 saturated carbocycles. The van der Waals surface area contributed by atoms with Crippen LogP contribution in [0.15, 0.2) is 41.3 Å². The topological polar surface area (TPSA) is 65.1 Å². The van der Waals surface area contributed by atoms with Crippen LogP contribution in [0.25, 0.3) is 6.08 Å². The zero-order valence-electron chi connectivity index (χ0n) is 17.2. The fourth-order valence-electron chi connectivity index (χ4n) is 2.86. The minimum absolute atomic E-state index is 0.0749. The Hall–Kier alpha value is -2.26. The molecule has 0 unspecified atom stereocenters. The second-order valence-electron chi connectivity index (χ2n) is 6.56. The van der Waals surface area contributed by atoms with Gasteiger partial charge in [-0.05, 0) is 35.9 Å². The van der Waals surface area contributed by atoms with Crippen molar-refractivity contribution in [3.8, 4) is 11.5 Å². The Morgan fingerprint density at radius 1 is 1.16 bits per heavy atom. The number of hydrogen-bond donors (Lipinski definition) is 0. The molecule has 0 spiro atoms. The van der Waals surface area contributed by atoms with E-state index >= 15 is 0 Å². The fourth-order valence-corrected chi connectivity index (χ4v) is 4.68. The van der Waals surface area contributed by atoms with Crippen LogP contribution < -0.4 is 9.47 Å². The molecule has 1 fully saturated rings. The van der Waals surface area contributed by atoms with E-state index in [1.165, 1.54) is 30.9 Å². The molecule has 168 valence electrons. The van der Waals surface area contributed by atoms with Gasteiger partial charge in [0, 0.05) is 22.2 Å². The number of methoxy groups -OCH3 is 2. The number of benzene rings is 2. The second kappa shape index (κ2) is 11.0. The monoisotopic (exact) mass is 511 g/mol. The summed E-state index contributed by atoms with van der Waals surface area (Å²) in [5, 5.41) is 1.03. The third-order valence-electron chi connectivity index (χ3n) is 4.56. The van der Waals surface area contributed by atoms with Crippen molar-refractivity contribution in [1.29, 1.82) is 0 Å². The Balaban J connectivity index is 1.74. The molecule has 2 aromatic carbocycles. The van der Waals surface area contributed by atoms with Gasteiger partial charge in [-0.3, -0.25) is 14.5 Å². The van der Waals surface area contributed by atoms with E-state index in [1.54, 1.807) is 42.5 Å². The minimum atomic E-state index is -0.401. The number of carbonyl (C=O) groups excluding carboxylic acids is 2. The van der Waals surface area contributed by atoms with Crippen molar-refractivity contribution in [3.05, 3.63) is 62.5 Å². The SMILES string of the molecule is COC(=O)CCN1C(=O)/C(=C/c2ccc(OCc3c(Cl)cccc3Cl)c(OC)c2)SC1=S. The van der Waals surface area contributed by atoms with Crippen molar-refractivity contribution in [2.45, 2.75) is 13.0 Å². The average molecular weight is 512 g/mol. The standard InChI is InChI=1S/C22H19Cl2NO5S2/c1-28-18-10-13(6-7-17(18)30-12-14-15(23)4-3-5-16(14)24)11-19-21(27)25(22(31)32-19)9-8-20(26)29-2/h3-7,10-11H,8-9,12H2,1-2H3/b19-11-. The third-order valence-corrected chi connectivity index (χ3v) is 6.65. The summed E-state index contributed by atoms with van der Waals surface area (Å²) in [6, 6.07) is 10.5. The number of halogens is 2. The zero-order valence-corrected chi connectivity index (χ0v) is 20.4.